The maximum atomic E-state index is 13.7. The first kappa shape index (κ1) is 25.3. The molecule has 35 heavy (non-hydrogen) atoms. The minimum atomic E-state index is -0.980. The summed E-state index contributed by atoms with van der Waals surface area (Å²) in [6, 6.07) is 12.0. The van der Waals surface area contributed by atoms with Gasteiger partial charge in [-0.05, 0) is 48.1 Å². The molecule has 1 heterocycles. The van der Waals surface area contributed by atoms with Gasteiger partial charge in [-0.25, -0.2) is 4.39 Å². The van der Waals surface area contributed by atoms with Crippen molar-refractivity contribution in [3.05, 3.63) is 59.9 Å². The molecule has 0 spiro atoms. The number of halogens is 2. The van der Waals surface area contributed by atoms with Crippen LogP contribution in [0.2, 0.25) is 0 Å². The molecule has 1 fully saturated rings. The lowest BCUT2D eigenvalue weighted by Crippen LogP contribution is -2.52. The first-order valence-electron chi connectivity index (χ1n) is 12.2. The van der Waals surface area contributed by atoms with Gasteiger partial charge in [0.05, 0.1) is 6.54 Å². The largest absolute Gasteiger partial charge is 0.486 e. The van der Waals surface area contributed by atoms with Crippen LogP contribution in [0.25, 0.3) is 0 Å². The van der Waals surface area contributed by atoms with Crippen LogP contribution in [0, 0.1) is 17.7 Å². The number of benzene rings is 2. The second-order valence-electron chi connectivity index (χ2n) is 9.51. The fraction of sp³-hybridized carbons (Fsp3) is 0.481. The van der Waals surface area contributed by atoms with Gasteiger partial charge in [-0.15, -0.1) is 11.6 Å². The SMILES string of the molecule is C[C@@H]1[C@H](C)CCC[C@@H]1NC(=O)[C@H](c1ccc(F)cc1)N(C[C@H]1COc2ccccc2O1)C(=O)CCl. The third-order valence-electron chi connectivity index (χ3n) is 7.18. The lowest BCUT2D eigenvalue weighted by Gasteiger charge is -2.38. The molecule has 6 nitrogen and oxygen atoms in total. The highest BCUT2D eigenvalue weighted by atomic mass is 35.5. The molecule has 0 bridgehead atoms. The smallest absolute Gasteiger partial charge is 0.247 e. The van der Waals surface area contributed by atoms with E-state index in [1.54, 1.807) is 6.07 Å². The molecule has 0 unspecified atom stereocenters. The highest BCUT2D eigenvalue weighted by Crippen LogP contribution is 2.33. The zero-order valence-electron chi connectivity index (χ0n) is 20.1. The Balaban J connectivity index is 1.61. The van der Waals surface area contributed by atoms with E-state index in [4.69, 9.17) is 21.1 Å². The first-order chi connectivity index (χ1) is 16.9. The van der Waals surface area contributed by atoms with E-state index in [-0.39, 0.29) is 31.0 Å². The van der Waals surface area contributed by atoms with Crippen LogP contribution in [-0.2, 0) is 9.59 Å². The third kappa shape index (κ3) is 5.89. The zero-order chi connectivity index (χ0) is 24.9. The number of nitrogens with zero attached hydrogens (tertiary/aromatic N) is 1. The molecule has 1 aliphatic heterocycles. The van der Waals surface area contributed by atoms with Crippen LogP contribution in [0.5, 0.6) is 11.5 Å². The molecular formula is C27H32ClFN2O4. The summed E-state index contributed by atoms with van der Waals surface area (Å²) in [6.07, 6.45) is 2.55. The minimum Gasteiger partial charge on any atom is -0.486 e. The number of rotatable bonds is 7. The van der Waals surface area contributed by atoms with Crippen LogP contribution in [-0.4, -0.2) is 47.9 Å². The summed E-state index contributed by atoms with van der Waals surface area (Å²) in [5.74, 6) is 0.575. The average Bonchev–Trinajstić information content (AvgIpc) is 2.87. The van der Waals surface area contributed by atoms with E-state index >= 15 is 0 Å². The summed E-state index contributed by atoms with van der Waals surface area (Å²) in [6.45, 7) is 4.65. The van der Waals surface area contributed by atoms with Gasteiger partial charge < -0.3 is 19.7 Å². The number of hydrogen-bond donors (Lipinski definition) is 1. The molecule has 0 saturated heterocycles. The number of ether oxygens (including phenoxy) is 2. The lowest BCUT2D eigenvalue weighted by molar-refractivity contribution is -0.141. The number of carbonyl (C=O) groups is 2. The number of alkyl halides is 1. The Morgan fingerprint density at radius 3 is 2.54 bits per heavy atom. The van der Waals surface area contributed by atoms with E-state index in [0.29, 0.717) is 28.9 Å². The number of nitrogens with one attached hydrogen (secondary N) is 1. The molecule has 5 atom stereocenters. The first-order valence-corrected chi connectivity index (χ1v) is 12.7. The Hall–Kier alpha value is -2.80. The van der Waals surface area contributed by atoms with Gasteiger partial charge in [0.1, 0.15) is 24.3 Å². The standard InChI is InChI=1S/C27H32ClFN2O4/c1-17-6-5-7-22(18(17)2)30-27(33)26(19-10-12-20(29)13-11-19)31(25(32)14-28)15-21-16-34-23-8-3-4-9-24(23)35-21/h3-4,8-13,17-18,21-22,26H,5-7,14-16H2,1-2H3,(H,30,33)/t17-,18-,21+,22+,26+/m1/s1. The normalized spacial score (nSPS) is 24.3. The number of carbonyl (C=O) groups excluding carboxylic acids is 2. The van der Waals surface area contributed by atoms with Gasteiger partial charge in [-0.2, -0.15) is 0 Å². The van der Waals surface area contributed by atoms with Gasteiger partial charge in [0.2, 0.25) is 11.8 Å². The average molecular weight is 503 g/mol. The van der Waals surface area contributed by atoms with Crippen molar-refractivity contribution in [3.63, 3.8) is 0 Å². The van der Waals surface area contributed by atoms with Crippen molar-refractivity contribution < 1.29 is 23.5 Å². The van der Waals surface area contributed by atoms with E-state index < -0.39 is 23.9 Å². The summed E-state index contributed by atoms with van der Waals surface area (Å²) in [5, 5.41) is 3.18. The summed E-state index contributed by atoms with van der Waals surface area (Å²) in [4.78, 5) is 28.2. The van der Waals surface area contributed by atoms with E-state index in [1.165, 1.54) is 29.2 Å². The molecule has 2 aromatic carbocycles. The predicted octanol–water partition coefficient (Wildman–Crippen LogP) is 4.72. The highest BCUT2D eigenvalue weighted by Gasteiger charge is 2.37. The number of amides is 2. The molecular weight excluding hydrogens is 471 g/mol. The summed E-state index contributed by atoms with van der Waals surface area (Å²) < 4.78 is 25.6. The molecule has 2 aliphatic rings. The van der Waals surface area contributed by atoms with Crippen LogP contribution in [0.1, 0.15) is 44.7 Å². The Labute approximate surface area is 210 Å². The van der Waals surface area contributed by atoms with Crippen molar-refractivity contribution in [1.82, 2.24) is 10.2 Å². The van der Waals surface area contributed by atoms with E-state index in [2.05, 4.69) is 19.2 Å². The van der Waals surface area contributed by atoms with Gasteiger partial charge in [-0.1, -0.05) is 51.0 Å². The topological polar surface area (TPSA) is 67.9 Å². The van der Waals surface area contributed by atoms with Gasteiger partial charge in [-0.3, -0.25) is 9.59 Å². The molecule has 1 N–H and O–H groups in total. The molecule has 1 aliphatic carbocycles. The maximum Gasteiger partial charge on any atom is 0.247 e. The molecule has 188 valence electrons. The molecule has 4 rings (SSSR count). The molecule has 0 aromatic heterocycles. The van der Waals surface area contributed by atoms with Crippen molar-refractivity contribution >= 4 is 23.4 Å². The van der Waals surface area contributed by atoms with Crippen LogP contribution >= 0.6 is 11.6 Å². The highest BCUT2D eigenvalue weighted by molar-refractivity contribution is 6.27. The molecule has 2 amide bonds. The number of para-hydroxylation sites is 2. The van der Waals surface area contributed by atoms with Gasteiger partial charge in [0, 0.05) is 6.04 Å². The third-order valence-corrected chi connectivity index (χ3v) is 7.41. The summed E-state index contributed by atoms with van der Waals surface area (Å²) in [7, 11) is 0. The summed E-state index contributed by atoms with van der Waals surface area (Å²) >= 11 is 5.99. The number of hydrogen-bond acceptors (Lipinski definition) is 4. The second-order valence-corrected chi connectivity index (χ2v) is 9.78. The van der Waals surface area contributed by atoms with Crippen molar-refractivity contribution in [2.45, 2.75) is 51.3 Å². The lowest BCUT2D eigenvalue weighted by atomic mass is 9.78. The number of fused-ring (bicyclic) bond motifs is 1. The summed E-state index contributed by atoms with van der Waals surface area (Å²) in [5.41, 5.74) is 0.510. The van der Waals surface area contributed by atoms with Gasteiger partial charge in [0.15, 0.2) is 17.6 Å². The Bertz CT molecular complexity index is 1030. The van der Waals surface area contributed by atoms with Gasteiger partial charge in [0.25, 0.3) is 0 Å². The Kier molecular flexibility index (Phi) is 8.16. The van der Waals surface area contributed by atoms with Crippen molar-refractivity contribution in [2.24, 2.45) is 11.8 Å². The Morgan fingerprint density at radius 1 is 1.11 bits per heavy atom. The maximum absolute atomic E-state index is 13.7. The van der Waals surface area contributed by atoms with Crippen molar-refractivity contribution in [3.8, 4) is 11.5 Å². The molecule has 8 heteroatoms. The van der Waals surface area contributed by atoms with E-state index in [0.717, 1.165) is 19.3 Å². The van der Waals surface area contributed by atoms with Gasteiger partial charge >= 0.3 is 0 Å². The van der Waals surface area contributed by atoms with Crippen LogP contribution in [0.15, 0.2) is 48.5 Å². The second kappa shape index (κ2) is 11.3. The van der Waals surface area contributed by atoms with Crippen molar-refractivity contribution in [2.75, 3.05) is 19.0 Å². The predicted molar refractivity (Wildman–Crippen MR) is 132 cm³/mol. The zero-order valence-corrected chi connectivity index (χ0v) is 20.8. The van der Waals surface area contributed by atoms with Crippen LogP contribution in [0.3, 0.4) is 0 Å². The molecule has 0 radical (unpaired) electrons. The molecule has 1 saturated carbocycles. The monoisotopic (exact) mass is 502 g/mol. The fourth-order valence-electron chi connectivity index (χ4n) is 4.97. The van der Waals surface area contributed by atoms with Crippen LogP contribution in [0.4, 0.5) is 4.39 Å². The van der Waals surface area contributed by atoms with E-state index in [1.807, 2.05) is 18.2 Å². The molecule has 2 aromatic rings. The van der Waals surface area contributed by atoms with Crippen molar-refractivity contribution in [1.29, 1.82) is 0 Å². The van der Waals surface area contributed by atoms with E-state index in [9.17, 15) is 14.0 Å². The van der Waals surface area contributed by atoms with Crippen LogP contribution < -0.4 is 14.8 Å². The fourth-order valence-corrected chi connectivity index (χ4v) is 5.12. The Morgan fingerprint density at radius 2 is 1.83 bits per heavy atom. The minimum absolute atomic E-state index is 0.00305. The quantitative estimate of drug-likeness (QED) is 0.556.